The Morgan fingerprint density at radius 1 is 1.44 bits per heavy atom. The molecular weight excluding hydrogens is 222 g/mol. The number of halogens is 1. The van der Waals surface area contributed by atoms with Crippen LogP contribution in [0.2, 0.25) is 5.15 Å². The highest BCUT2D eigenvalue weighted by Gasteiger charge is 2.15. The summed E-state index contributed by atoms with van der Waals surface area (Å²) in [6, 6.07) is 4.42. The highest BCUT2D eigenvalue weighted by molar-refractivity contribution is 6.31. The molecule has 3 nitrogen and oxygen atoms in total. The molecule has 16 heavy (non-hydrogen) atoms. The van der Waals surface area contributed by atoms with Crippen LogP contribution in [0.1, 0.15) is 19.3 Å². The molecule has 1 aromatic heterocycles. The number of rotatable bonds is 2. The Hall–Kier alpha value is -0.800. The van der Waals surface area contributed by atoms with E-state index in [-0.39, 0.29) is 0 Å². The third-order valence-electron chi connectivity index (χ3n) is 3.07. The van der Waals surface area contributed by atoms with Crippen molar-refractivity contribution in [3.8, 4) is 0 Å². The molecule has 4 heteroatoms. The molecule has 1 unspecified atom stereocenters. The predicted octanol–water partition coefficient (Wildman–Crippen LogP) is 2.63. The fourth-order valence-corrected chi connectivity index (χ4v) is 2.27. The molecule has 0 aromatic carbocycles. The lowest BCUT2D eigenvalue weighted by molar-refractivity contribution is 0.348. The SMILES string of the molecule is CN1CCCC(Nc2cccnc2Cl)CC1. The first-order valence-corrected chi connectivity index (χ1v) is 6.19. The monoisotopic (exact) mass is 239 g/mol. The molecule has 1 aliphatic heterocycles. The van der Waals surface area contributed by atoms with Gasteiger partial charge in [0.1, 0.15) is 0 Å². The molecule has 0 radical (unpaired) electrons. The summed E-state index contributed by atoms with van der Waals surface area (Å²) in [6.45, 7) is 2.34. The second-order valence-electron chi connectivity index (χ2n) is 4.42. The summed E-state index contributed by atoms with van der Waals surface area (Å²) in [4.78, 5) is 6.46. The molecule has 0 saturated carbocycles. The molecule has 2 heterocycles. The molecule has 1 aromatic rings. The van der Waals surface area contributed by atoms with Gasteiger partial charge in [0, 0.05) is 12.2 Å². The summed E-state index contributed by atoms with van der Waals surface area (Å²) in [5.41, 5.74) is 0.957. The summed E-state index contributed by atoms with van der Waals surface area (Å²) in [6.07, 6.45) is 5.33. The van der Waals surface area contributed by atoms with Crippen LogP contribution in [0.25, 0.3) is 0 Å². The van der Waals surface area contributed by atoms with Gasteiger partial charge in [-0.1, -0.05) is 11.6 Å². The van der Waals surface area contributed by atoms with E-state index in [2.05, 4.69) is 22.2 Å². The number of hydrogen-bond acceptors (Lipinski definition) is 3. The normalized spacial score (nSPS) is 22.8. The number of aromatic nitrogens is 1. The number of anilines is 1. The molecule has 88 valence electrons. The lowest BCUT2D eigenvalue weighted by Gasteiger charge is -2.18. The third kappa shape index (κ3) is 3.09. The van der Waals surface area contributed by atoms with Crippen LogP contribution in [0.15, 0.2) is 18.3 Å². The van der Waals surface area contributed by atoms with Gasteiger partial charge >= 0.3 is 0 Å². The smallest absolute Gasteiger partial charge is 0.152 e. The van der Waals surface area contributed by atoms with Gasteiger partial charge in [-0.25, -0.2) is 4.98 Å². The molecule has 1 fully saturated rings. The van der Waals surface area contributed by atoms with Crippen LogP contribution in [-0.4, -0.2) is 36.1 Å². The van der Waals surface area contributed by atoms with Gasteiger partial charge < -0.3 is 10.2 Å². The van der Waals surface area contributed by atoms with Crippen LogP contribution < -0.4 is 5.32 Å². The predicted molar refractivity (Wildman–Crippen MR) is 68.0 cm³/mol. The van der Waals surface area contributed by atoms with Crippen LogP contribution in [0.4, 0.5) is 5.69 Å². The maximum Gasteiger partial charge on any atom is 0.152 e. The summed E-state index contributed by atoms with van der Waals surface area (Å²) >= 11 is 6.03. The van der Waals surface area contributed by atoms with Crippen LogP contribution in [0.5, 0.6) is 0 Å². The van der Waals surface area contributed by atoms with Gasteiger partial charge in [-0.05, 0) is 51.5 Å². The quantitative estimate of drug-likeness (QED) is 0.805. The molecular formula is C12H18ClN3. The first kappa shape index (κ1) is 11.7. The molecule has 0 spiro atoms. The van der Waals surface area contributed by atoms with Crippen molar-refractivity contribution in [2.75, 3.05) is 25.5 Å². The Kier molecular flexibility index (Phi) is 4.02. The highest BCUT2D eigenvalue weighted by Crippen LogP contribution is 2.21. The van der Waals surface area contributed by atoms with Crippen LogP contribution in [-0.2, 0) is 0 Å². The lowest BCUT2D eigenvalue weighted by atomic mass is 10.1. The molecule has 1 atom stereocenters. The zero-order valence-corrected chi connectivity index (χ0v) is 10.4. The second kappa shape index (κ2) is 5.51. The van der Waals surface area contributed by atoms with Gasteiger partial charge in [0.25, 0.3) is 0 Å². The number of likely N-dealkylation sites (tertiary alicyclic amines) is 1. The number of nitrogens with zero attached hydrogens (tertiary/aromatic N) is 2. The topological polar surface area (TPSA) is 28.2 Å². The summed E-state index contributed by atoms with van der Waals surface area (Å²) in [7, 11) is 2.18. The highest BCUT2D eigenvalue weighted by atomic mass is 35.5. The van der Waals surface area contributed by atoms with Crippen molar-refractivity contribution < 1.29 is 0 Å². The van der Waals surface area contributed by atoms with E-state index >= 15 is 0 Å². The molecule has 0 amide bonds. The van der Waals surface area contributed by atoms with Gasteiger partial charge in [0.05, 0.1) is 5.69 Å². The maximum absolute atomic E-state index is 6.03. The first-order chi connectivity index (χ1) is 7.75. The van der Waals surface area contributed by atoms with E-state index in [0.717, 1.165) is 12.2 Å². The Labute approximate surface area is 102 Å². The Balaban J connectivity index is 1.96. The third-order valence-corrected chi connectivity index (χ3v) is 3.37. The van der Waals surface area contributed by atoms with Gasteiger partial charge in [-0.15, -0.1) is 0 Å². The average molecular weight is 240 g/mol. The molecule has 1 aliphatic rings. The fraction of sp³-hybridized carbons (Fsp3) is 0.583. The van der Waals surface area contributed by atoms with Gasteiger partial charge in [-0.3, -0.25) is 0 Å². The van der Waals surface area contributed by atoms with E-state index in [4.69, 9.17) is 11.6 Å². The number of pyridine rings is 1. The van der Waals surface area contributed by atoms with E-state index < -0.39 is 0 Å². The van der Waals surface area contributed by atoms with E-state index in [9.17, 15) is 0 Å². The van der Waals surface area contributed by atoms with E-state index in [1.165, 1.54) is 25.8 Å². The van der Waals surface area contributed by atoms with Crippen LogP contribution in [0.3, 0.4) is 0 Å². The Morgan fingerprint density at radius 3 is 3.12 bits per heavy atom. The van der Waals surface area contributed by atoms with Crippen LogP contribution >= 0.6 is 11.6 Å². The minimum absolute atomic E-state index is 0.520. The molecule has 2 rings (SSSR count). The van der Waals surface area contributed by atoms with Gasteiger partial charge in [0.2, 0.25) is 0 Å². The summed E-state index contributed by atoms with van der Waals surface area (Å²) < 4.78 is 0. The van der Waals surface area contributed by atoms with Crippen molar-refractivity contribution in [3.63, 3.8) is 0 Å². The van der Waals surface area contributed by atoms with E-state index in [1.54, 1.807) is 6.20 Å². The van der Waals surface area contributed by atoms with Crippen molar-refractivity contribution in [1.82, 2.24) is 9.88 Å². The zero-order chi connectivity index (χ0) is 11.4. The average Bonchev–Trinajstić information content (AvgIpc) is 2.47. The van der Waals surface area contributed by atoms with Crippen molar-refractivity contribution in [1.29, 1.82) is 0 Å². The Morgan fingerprint density at radius 2 is 2.31 bits per heavy atom. The maximum atomic E-state index is 6.03. The number of hydrogen-bond donors (Lipinski definition) is 1. The standard InChI is InChI=1S/C12H18ClN3/c1-16-8-3-4-10(6-9-16)15-11-5-2-7-14-12(11)13/h2,5,7,10,15H,3-4,6,8-9H2,1H3. The Bertz CT molecular complexity index is 343. The van der Waals surface area contributed by atoms with Crippen molar-refractivity contribution in [3.05, 3.63) is 23.5 Å². The summed E-state index contributed by atoms with van der Waals surface area (Å²) in [5.74, 6) is 0. The molecule has 1 saturated heterocycles. The van der Waals surface area contributed by atoms with E-state index in [0.29, 0.717) is 11.2 Å². The minimum atomic E-state index is 0.520. The van der Waals surface area contributed by atoms with Crippen molar-refractivity contribution in [2.24, 2.45) is 0 Å². The van der Waals surface area contributed by atoms with Gasteiger partial charge in [0.15, 0.2) is 5.15 Å². The number of nitrogens with one attached hydrogen (secondary N) is 1. The lowest BCUT2D eigenvalue weighted by Crippen LogP contribution is -2.23. The van der Waals surface area contributed by atoms with E-state index in [1.807, 2.05) is 12.1 Å². The molecule has 0 aliphatic carbocycles. The first-order valence-electron chi connectivity index (χ1n) is 5.81. The zero-order valence-electron chi connectivity index (χ0n) is 9.62. The van der Waals surface area contributed by atoms with Crippen molar-refractivity contribution in [2.45, 2.75) is 25.3 Å². The second-order valence-corrected chi connectivity index (χ2v) is 4.78. The van der Waals surface area contributed by atoms with Gasteiger partial charge in [-0.2, -0.15) is 0 Å². The summed E-state index contributed by atoms with van der Waals surface area (Å²) in [5, 5.41) is 4.06. The van der Waals surface area contributed by atoms with Crippen molar-refractivity contribution >= 4 is 17.3 Å². The largest absolute Gasteiger partial charge is 0.380 e. The molecule has 1 N–H and O–H groups in total. The van der Waals surface area contributed by atoms with Crippen LogP contribution in [0, 0.1) is 0 Å². The minimum Gasteiger partial charge on any atom is -0.380 e. The fourth-order valence-electron chi connectivity index (χ4n) is 2.10. The molecule has 0 bridgehead atoms.